The number of hydrogen-bond donors (Lipinski definition) is 4. The van der Waals surface area contributed by atoms with Crippen LogP contribution in [0.1, 0.15) is 65.2 Å². The normalized spacial score (nSPS) is 25.5. The summed E-state index contributed by atoms with van der Waals surface area (Å²) in [6.45, 7) is 3.16. The second-order valence-corrected chi connectivity index (χ2v) is 13.8. The van der Waals surface area contributed by atoms with Crippen molar-refractivity contribution in [2.24, 2.45) is 16.8 Å². The van der Waals surface area contributed by atoms with Crippen molar-refractivity contribution < 1.29 is 27.8 Å². The van der Waals surface area contributed by atoms with E-state index < -0.39 is 29.0 Å². The highest BCUT2D eigenvalue weighted by Crippen LogP contribution is 2.33. The van der Waals surface area contributed by atoms with Gasteiger partial charge in [-0.15, -0.1) is 24.8 Å². The van der Waals surface area contributed by atoms with Crippen LogP contribution >= 0.6 is 47.4 Å². The molecule has 44 heavy (non-hydrogen) atoms. The lowest BCUT2D eigenvalue weighted by atomic mass is 9.87. The van der Waals surface area contributed by atoms with E-state index in [2.05, 4.69) is 10.1 Å². The van der Waals surface area contributed by atoms with E-state index in [0.29, 0.717) is 67.1 Å². The van der Waals surface area contributed by atoms with Crippen LogP contribution in [0.15, 0.2) is 62.8 Å². The molecule has 0 spiro atoms. The van der Waals surface area contributed by atoms with E-state index >= 15 is 0 Å². The number of aliphatic hydroxyl groups is 1. The third kappa shape index (κ3) is 10.7. The predicted octanol–water partition coefficient (Wildman–Crippen LogP) is 8.15. The number of rotatable bonds is 13. The Morgan fingerprint density at radius 2 is 1.95 bits per heavy atom. The van der Waals surface area contributed by atoms with E-state index in [1.54, 1.807) is 26.0 Å². The van der Waals surface area contributed by atoms with Crippen LogP contribution in [-0.4, -0.2) is 57.6 Å². The Bertz CT molecular complexity index is 1260. The third-order valence-corrected chi connectivity index (χ3v) is 9.96. The summed E-state index contributed by atoms with van der Waals surface area (Å²) in [6, 6.07) is -0.921. The van der Waals surface area contributed by atoms with Crippen LogP contribution in [0, 0.1) is 17.2 Å². The number of carbonyl (C=O) groups is 1. The standard InChI is InChI=1S/C31H39Cl3F3N3O3S/c1-18(28(21-7-9-22(32)10-8-21)40-26-14-11-23(33)16-25(26)34)27(38)29(42)39-19(2)30(44,17-41)15-3-4-20-5-12-24(13-6-20)43-31(35,36)37/h5,7,10,12-13,16,18-20,23,26,38,41,44H,3-4,6,8-9,11,14-15,17H2,1-2H3,(H,39,42). The fraction of sp³-hybridized carbons (Fsp3) is 0.581. The van der Waals surface area contributed by atoms with E-state index in [-0.39, 0.29) is 35.4 Å². The molecule has 6 atom stereocenters. The van der Waals surface area contributed by atoms with Gasteiger partial charge in [-0.2, -0.15) is 12.6 Å². The molecule has 6 nitrogen and oxygen atoms in total. The summed E-state index contributed by atoms with van der Waals surface area (Å²) in [5.74, 6) is -1.46. The first-order valence-electron chi connectivity index (χ1n) is 14.6. The second-order valence-electron chi connectivity index (χ2n) is 11.5. The second kappa shape index (κ2) is 16.2. The van der Waals surface area contributed by atoms with Gasteiger partial charge in [-0.1, -0.05) is 54.8 Å². The maximum Gasteiger partial charge on any atom is 0.573 e. The van der Waals surface area contributed by atoms with E-state index in [1.807, 2.05) is 12.2 Å². The number of amides is 1. The number of hydrogen-bond acceptors (Lipinski definition) is 6. The molecule has 3 aliphatic rings. The highest BCUT2D eigenvalue weighted by atomic mass is 35.5. The molecule has 0 aromatic rings. The summed E-state index contributed by atoms with van der Waals surface area (Å²) < 4.78 is 40.3. The van der Waals surface area contributed by atoms with Gasteiger partial charge < -0.3 is 15.2 Å². The molecule has 13 heteroatoms. The summed E-state index contributed by atoms with van der Waals surface area (Å²) in [4.78, 5) is 18.2. The van der Waals surface area contributed by atoms with Crippen molar-refractivity contribution >= 4 is 64.8 Å². The number of nitrogens with one attached hydrogen (secondary N) is 2. The average Bonchev–Trinajstić information content (AvgIpc) is 2.96. The predicted molar refractivity (Wildman–Crippen MR) is 175 cm³/mol. The summed E-state index contributed by atoms with van der Waals surface area (Å²) in [6.07, 6.45) is 9.80. The lowest BCUT2D eigenvalue weighted by Gasteiger charge is -2.34. The van der Waals surface area contributed by atoms with Crippen molar-refractivity contribution in [3.05, 3.63) is 57.9 Å². The van der Waals surface area contributed by atoms with E-state index in [0.717, 1.165) is 5.57 Å². The SMILES string of the molecule is CC(C(=N)C(=O)NC(C)C(S)(CO)CCCC1C=CC(OC(F)(F)F)=CC1)C(=NC1CCC(Cl)C=C1Cl)C1=CCC(Cl)=CC1. The van der Waals surface area contributed by atoms with Crippen molar-refractivity contribution in [1.29, 1.82) is 5.41 Å². The lowest BCUT2D eigenvalue weighted by molar-refractivity contribution is -0.303. The van der Waals surface area contributed by atoms with E-state index in [4.69, 9.17) is 57.8 Å². The molecular formula is C31H39Cl3F3N3O3S. The quantitative estimate of drug-likeness (QED) is 0.0890. The van der Waals surface area contributed by atoms with Crippen LogP contribution in [-0.2, 0) is 9.53 Å². The van der Waals surface area contributed by atoms with Gasteiger partial charge in [0, 0.05) is 34.2 Å². The number of alkyl halides is 4. The van der Waals surface area contributed by atoms with Gasteiger partial charge in [0.25, 0.3) is 5.91 Å². The third-order valence-electron chi connectivity index (χ3n) is 8.17. The van der Waals surface area contributed by atoms with Gasteiger partial charge in [0.1, 0.15) is 11.5 Å². The van der Waals surface area contributed by atoms with Gasteiger partial charge in [0.2, 0.25) is 0 Å². The minimum Gasteiger partial charge on any atom is -0.406 e. The Morgan fingerprint density at radius 3 is 2.52 bits per heavy atom. The van der Waals surface area contributed by atoms with Crippen molar-refractivity contribution in [2.45, 2.75) is 93.8 Å². The van der Waals surface area contributed by atoms with Crippen molar-refractivity contribution in [3.63, 3.8) is 0 Å². The number of aliphatic imine (C=N–C) groups is 1. The summed E-state index contributed by atoms with van der Waals surface area (Å²) in [7, 11) is 0. The molecule has 0 heterocycles. The van der Waals surface area contributed by atoms with Crippen molar-refractivity contribution in [3.8, 4) is 0 Å². The molecule has 0 fully saturated rings. The molecule has 0 radical (unpaired) electrons. The Labute approximate surface area is 277 Å². The molecule has 0 bridgehead atoms. The number of aliphatic hydroxyl groups excluding tert-OH is 1. The van der Waals surface area contributed by atoms with Crippen LogP contribution < -0.4 is 5.32 Å². The van der Waals surface area contributed by atoms with Gasteiger partial charge in [-0.25, -0.2) is 0 Å². The number of ether oxygens (including phenoxy) is 1. The van der Waals surface area contributed by atoms with Gasteiger partial charge in [0.15, 0.2) is 0 Å². The molecule has 3 aliphatic carbocycles. The summed E-state index contributed by atoms with van der Waals surface area (Å²) in [5, 5.41) is 22.9. The molecular weight excluding hydrogens is 658 g/mol. The molecule has 3 N–H and O–H groups in total. The van der Waals surface area contributed by atoms with Crippen molar-refractivity contribution in [2.75, 3.05) is 6.61 Å². The maximum atomic E-state index is 13.3. The minimum absolute atomic E-state index is 0.0187. The molecule has 0 aliphatic heterocycles. The van der Waals surface area contributed by atoms with E-state index in [1.165, 1.54) is 12.2 Å². The number of thiol groups is 1. The number of nitrogens with zero attached hydrogens (tertiary/aromatic N) is 1. The smallest absolute Gasteiger partial charge is 0.406 e. The molecule has 6 unspecified atom stereocenters. The fourth-order valence-electron chi connectivity index (χ4n) is 5.32. The Kier molecular flexibility index (Phi) is 13.5. The van der Waals surface area contributed by atoms with Gasteiger partial charge in [0.05, 0.1) is 22.8 Å². The summed E-state index contributed by atoms with van der Waals surface area (Å²) in [5.41, 5.74) is 1.29. The zero-order valence-electron chi connectivity index (χ0n) is 24.6. The fourth-order valence-corrected chi connectivity index (χ4v) is 6.33. The molecule has 0 saturated heterocycles. The molecule has 0 aromatic carbocycles. The Balaban J connectivity index is 1.63. The molecule has 0 saturated carbocycles. The average molecular weight is 697 g/mol. The van der Waals surface area contributed by atoms with Crippen LogP contribution in [0.5, 0.6) is 0 Å². The molecule has 1 amide bonds. The van der Waals surface area contributed by atoms with Gasteiger partial charge in [-0.3, -0.25) is 15.2 Å². The number of carbonyl (C=O) groups excluding carboxylic acids is 1. The molecule has 3 rings (SSSR count). The lowest BCUT2D eigenvalue weighted by Crippen LogP contribution is -2.52. The van der Waals surface area contributed by atoms with Crippen LogP contribution in [0.3, 0.4) is 0 Å². The van der Waals surface area contributed by atoms with E-state index in [9.17, 15) is 23.1 Å². The molecule has 244 valence electrons. The monoisotopic (exact) mass is 695 g/mol. The highest BCUT2D eigenvalue weighted by Gasteiger charge is 2.36. The van der Waals surface area contributed by atoms with Crippen LogP contribution in [0.25, 0.3) is 0 Å². The topological polar surface area (TPSA) is 94.8 Å². The van der Waals surface area contributed by atoms with Gasteiger partial charge in [-0.05, 0) is 75.2 Å². The van der Waals surface area contributed by atoms with Gasteiger partial charge >= 0.3 is 6.36 Å². The summed E-state index contributed by atoms with van der Waals surface area (Å²) >= 11 is 23.6. The maximum absolute atomic E-state index is 13.3. The first-order chi connectivity index (χ1) is 20.6. The highest BCUT2D eigenvalue weighted by molar-refractivity contribution is 7.82. The zero-order valence-corrected chi connectivity index (χ0v) is 27.8. The number of allylic oxidation sites excluding steroid dienone is 8. The van der Waals surface area contributed by atoms with Crippen LogP contribution in [0.2, 0.25) is 0 Å². The largest absolute Gasteiger partial charge is 0.573 e. The first-order valence-corrected chi connectivity index (χ1v) is 16.3. The minimum atomic E-state index is -4.73. The van der Waals surface area contributed by atoms with Crippen molar-refractivity contribution in [1.82, 2.24) is 5.32 Å². The first kappa shape index (κ1) is 36.7. The van der Waals surface area contributed by atoms with Crippen LogP contribution in [0.4, 0.5) is 13.2 Å². The zero-order chi connectivity index (χ0) is 32.7. The molecule has 0 aromatic heterocycles. The Morgan fingerprint density at radius 1 is 1.23 bits per heavy atom. The Hall–Kier alpha value is -1.72. The number of halogens is 6.